The molecule has 0 bridgehead atoms. The molecule has 0 aromatic carbocycles. The third kappa shape index (κ3) is 2.96. The van der Waals surface area contributed by atoms with Crippen LogP contribution in [0.2, 0.25) is 0 Å². The summed E-state index contributed by atoms with van der Waals surface area (Å²) in [4.78, 5) is 3.03. The second kappa shape index (κ2) is 3.96. The Morgan fingerprint density at radius 3 is 2.50 bits per heavy atom. The van der Waals surface area contributed by atoms with E-state index in [0.717, 1.165) is 0 Å². The highest BCUT2D eigenvalue weighted by atomic mass is 17.2. The summed E-state index contributed by atoms with van der Waals surface area (Å²) in [6, 6.07) is 0. The summed E-state index contributed by atoms with van der Waals surface area (Å²) >= 11 is 0. The maximum Gasteiger partial charge on any atom is 0.0874 e. The van der Waals surface area contributed by atoms with Gasteiger partial charge in [0.2, 0.25) is 0 Å². The Kier molecular flexibility index (Phi) is 3.27. The van der Waals surface area contributed by atoms with E-state index in [1.807, 2.05) is 0 Å². The first-order chi connectivity index (χ1) is 2.91. The maximum atomic E-state index is 7.29. The fourth-order valence-corrected chi connectivity index (χ4v) is 0.0346. The van der Waals surface area contributed by atoms with Gasteiger partial charge in [-0.1, -0.05) is 0 Å². The number of nitrogens with one attached hydrogen (secondary N) is 1. The Labute approximate surface area is 32.8 Å². The summed E-state index contributed by atoms with van der Waals surface area (Å²) in [6.45, 7) is 0. The van der Waals surface area contributed by atoms with Gasteiger partial charge in [0.1, 0.15) is 0 Å². The molecule has 0 radical (unpaired) electrons. The molecular weight excluding hydrogens is 88.0 g/mol. The van der Waals surface area contributed by atoms with Crippen molar-refractivity contribution in [2.45, 2.75) is 0 Å². The van der Waals surface area contributed by atoms with Gasteiger partial charge in [0.15, 0.2) is 0 Å². The first kappa shape index (κ1) is 4.96. The van der Waals surface area contributed by atoms with Gasteiger partial charge in [-0.05, 0) is 5.22 Å². The van der Waals surface area contributed by atoms with E-state index in [1.54, 1.807) is 0 Å². The summed E-state index contributed by atoms with van der Waals surface area (Å²) in [5.74, 6) is 0. The standard InChI is InChI=1S/H2N4O2/c1-2-3-4-6-5/h1,5H. The molecule has 0 aliphatic carbocycles. The van der Waals surface area contributed by atoms with E-state index >= 15 is 0 Å². The summed E-state index contributed by atoms with van der Waals surface area (Å²) in [5.41, 5.74) is 5.88. The van der Waals surface area contributed by atoms with Crippen LogP contribution in [0.15, 0.2) is 15.7 Å². The summed E-state index contributed by atoms with van der Waals surface area (Å²) in [7, 11) is 0. The minimum absolute atomic E-state index is 2.35. The van der Waals surface area contributed by atoms with Gasteiger partial charge in [-0.2, -0.15) is 10.8 Å². The smallest absolute Gasteiger partial charge is 0.0874 e. The molecule has 0 aromatic heterocycles. The lowest BCUT2D eigenvalue weighted by atomic mass is 12.6. The van der Waals surface area contributed by atoms with Crippen molar-refractivity contribution in [3.05, 3.63) is 0 Å². The molecule has 6 heteroatoms. The first-order valence-corrected chi connectivity index (χ1v) is 0.989. The lowest BCUT2D eigenvalue weighted by Crippen LogP contribution is -1.59. The summed E-state index contributed by atoms with van der Waals surface area (Å²) in [5, 5.41) is 14.6. The van der Waals surface area contributed by atoms with Crippen LogP contribution in [-0.4, -0.2) is 5.26 Å². The molecule has 0 rings (SSSR count). The van der Waals surface area contributed by atoms with Crippen LogP contribution in [0.5, 0.6) is 0 Å². The van der Waals surface area contributed by atoms with Gasteiger partial charge in [0.05, 0.1) is 5.28 Å². The molecule has 0 atom stereocenters. The van der Waals surface area contributed by atoms with Gasteiger partial charge in [-0.25, -0.2) is 4.99 Å². The Morgan fingerprint density at radius 2 is 2.33 bits per heavy atom. The zero-order chi connectivity index (χ0) is 4.83. The first-order valence-electron chi connectivity index (χ1n) is 0.989. The van der Waals surface area contributed by atoms with Gasteiger partial charge in [0, 0.05) is 5.22 Å². The Morgan fingerprint density at radius 1 is 1.67 bits per heavy atom. The number of hydrogen-bond donors (Lipinski definition) is 2. The average Bonchev–Trinajstić information content (AvgIpc) is 1.61. The van der Waals surface area contributed by atoms with Crippen molar-refractivity contribution < 1.29 is 10.2 Å². The van der Waals surface area contributed by atoms with Crippen LogP contribution in [0.1, 0.15) is 0 Å². The van der Waals surface area contributed by atoms with E-state index < -0.39 is 0 Å². The van der Waals surface area contributed by atoms with E-state index in [-0.39, 0.29) is 0 Å². The van der Waals surface area contributed by atoms with Crippen LogP contribution >= 0.6 is 0 Å². The van der Waals surface area contributed by atoms with Crippen LogP contribution in [0.4, 0.5) is 0 Å². The van der Waals surface area contributed by atoms with E-state index in [0.29, 0.717) is 0 Å². The quantitative estimate of drug-likeness (QED) is 0.298. The third-order valence-corrected chi connectivity index (χ3v) is 0.118. The third-order valence-electron chi connectivity index (χ3n) is 0.118. The minimum atomic E-state index is 2.35. The van der Waals surface area contributed by atoms with E-state index in [9.17, 15) is 0 Å². The molecule has 0 aliphatic heterocycles. The fraction of sp³-hybridized carbons (Fsp3) is 0. The summed E-state index contributed by atoms with van der Waals surface area (Å²) < 4.78 is 0. The zero-order valence-electron chi connectivity index (χ0n) is 2.70. The maximum absolute atomic E-state index is 7.29. The van der Waals surface area contributed by atoms with Crippen molar-refractivity contribution in [3.8, 4) is 0 Å². The van der Waals surface area contributed by atoms with Crippen molar-refractivity contribution in [2.24, 2.45) is 15.7 Å². The molecule has 2 N–H and O–H groups in total. The molecule has 0 heterocycles. The molecule has 0 aromatic rings. The van der Waals surface area contributed by atoms with E-state index in [4.69, 9.17) is 10.8 Å². The van der Waals surface area contributed by atoms with Crippen molar-refractivity contribution in [1.29, 1.82) is 5.53 Å². The van der Waals surface area contributed by atoms with Crippen molar-refractivity contribution in [1.82, 2.24) is 0 Å². The largest absolute Gasteiger partial charge is 0.201 e. The van der Waals surface area contributed by atoms with Crippen LogP contribution in [-0.2, 0) is 4.99 Å². The second-order valence-corrected chi connectivity index (χ2v) is 0.353. The Bertz CT molecular complexity index is 56.6. The van der Waals surface area contributed by atoms with Gasteiger partial charge < -0.3 is 0 Å². The Hall–Kier alpha value is -1.04. The van der Waals surface area contributed by atoms with Crippen LogP contribution < -0.4 is 0 Å². The number of nitrogens with zero attached hydrogens (tertiary/aromatic N) is 3. The molecule has 0 amide bonds. The van der Waals surface area contributed by atoms with Crippen molar-refractivity contribution in [2.75, 3.05) is 0 Å². The molecule has 6 heavy (non-hydrogen) atoms. The highest BCUT2D eigenvalue weighted by molar-refractivity contribution is 3.82. The number of rotatable bonds is 2. The second-order valence-electron chi connectivity index (χ2n) is 0.353. The lowest BCUT2D eigenvalue weighted by Gasteiger charge is -1.68. The molecular formula is H2N4O2. The topological polar surface area (TPSA) is 90.4 Å². The summed E-state index contributed by atoms with van der Waals surface area (Å²) in [6.07, 6.45) is 0. The highest BCUT2D eigenvalue weighted by Crippen LogP contribution is 1.70. The molecule has 0 spiro atoms. The van der Waals surface area contributed by atoms with E-state index in [1.165, 1.54) is 0 Å². The predicted octanol–water partition coefficient (Wildman–Crippen LogP) is 0.789. The minimum Gasteiger partial charge on any atom is -0.201 e. The SMILES string of the molecule is N=NN=NOO. The van der Waals surface area contributed by atoms with Gasteiger partial charge in [-0.3, -0.25) is 0 Å². The predicted molar refractivity (Wildman–Crippen MR) is 13.7 cm³/mol. The Balaban J connectivity index is 2.94. The van der Waals surface area contributed by atoms with Gasteiger partial charge in [0.25, 0.3) is 0 Å². The molecule has 34 valence electrons. The van der Waals surface area contributed by atoms with Gasteiger partial charge >= 0.3 is 0 Å². The lowest BCUT2D eigenvalue weighted by molar-refractivity contribution is -0.251. The van der Waals surface area contributed by atoms with Crippen LogP contribution in [0.3, 0.4) is 0 Å². The molecule has 0 saturated heterocycles. The molecule has 0 unspecified atom stereocenters. The monoisotopic (exact) mass is 90.0 g/mol. The number of hydrogen-bond acceptors (Lipinski definition) is 4. The van der Waals surface area contributed by atoms with Crippen LogP contribution in [0, 0.1) is 5.53 Å². The van der Waals surface area contributed by atoms with Gasteiger partial charge in [-0.15, -0.1) is 0 Å². The molecule has 0 fully saturated rings. The highest BCUT2D eigenvalue weighted by Gasteiger charge is 1.57. The normalized spacial score (nSPS) is 8.83. The molecule has 0 aliphatic rings. The molecule has 0 saturated carbocycles. The van der Waals surface area contributed by atoms with Crippen molar-refractivity contribution in [3.63, 3.8) is 0 Å². The average molecular weight is 90.0 g/mol. The van der Waals surface area contributed by atoms with Crippen LogP contribution in [0.25, 0.3) is 0 Å². The molecule has 6 nitrogen and oxygen atoms in total. The fourth-order valence-electron chi connectivity index (χ4n) is 0.0346. The van der Waals surface area contributed by atoms with Crippen molar-refractivity contribution >= 4 is 0 Å². The zero-order valence-corrected chi connectivity index (χ0v) is 2.70. The van der Waals surface area contributed by atoms with E-state index in [2.05, 4.69) is 20.7 Å².